The third-order valence-electron chi connectivity index (χ3n) is 3.12. The highest BCUT2D eigenvalue weighted by Crippen LogP contribution is 2.20. The SMILES string of the molecule is Cc1cc(C(=O)NC(C)c2cccc(Br)c2)ccc1Cl. The molecule has 0 aliphatic heterocycles. The van der Waals surface area contributed by atoms with Gasteiger partial charge in [0.15, 0.2) is 0 Å². The van der Waals surface area contributed by atoms with Crippen LogP contribution in [0.3, 0.4) is 0 Å². The summed E-state index contributed by atoms with van der Waals surface area (Å²) in [5, 5.41) is 3.65. The van der Waals surface area contributed by atoms with E-state index in [1.165, 1.54) is 0 Å². The average molecular weight is 353 g/mol. The Hall–Kier alpha value is -1.32. The molecule has 1 atom stereocenters. The summed E-state index contributed by atoms with van der Waals surface area (Å²) >= 11 is 9.40. The highest BCUT2D eigenvalue weighted by Gasteiger charge is 2.12. The van der Waals surface area contributed by atoms with Gasteiger partial charge in [-0.05, 0) is 55.3 Å². The first-order valence-corrected chi connectivity index (χ1v) is 7.47. The van der Waals surface area contributed by atoms with Crippen LogP contribution in [0.25, 0.3) is 0 Å². The second-order valence-electron chi connectivity index (χ2n) is 4.71. The van der Waals surface area contributed by atoms with Gasteiger partial charge in [-0.1, -0.05) is 39.7 Å². The molecule has 0 heterocycles. The van der Waals surface area contributed by atoms with E-state index in [4.69, 9.17) is 11.6 Å². The van der Waals surface area contributed by atoms with Crippen LogP contribution in [0.1, 0.15) is 34.5 Å². The molecule has 4 heteroatoms. The van der Waals surface area contributed by atoms with Crippen molar-refractivity contribution in [3.05, 3.63) is 68.7 Å². The minimum Gasteiger partial charge on any atom is -0.346 e. The van der Waals surface area contributed by atoms with Crippen LogP contribution in [0.15, 0.2) is 46.9 Å². The van der Waals surface area contributed by atoms with Gasteiger partial charge in [0.1, 0.15) is 0 Å². The van der Waals surface area contributed by atoms with Crippen LogP contribution in [0, 0.1) is 6.92 Å². The fraction of sp³-hybridized carbons (Fsp3) is 0.188. The fourth-order valence-electron chi connectivity index (χ4n) is 1.93. The maximum Gasteiger partial charge on any atom is 0.251 e. The van der Waals surface area contributed by atoms with E-state index in [0.717, 1.165) is 15.6 Å². The van der Waals surface area contributed by atoms with Gasteiger partial charge >= 0.3 is 0 Å². The largest absolute Gasteiger partial charge is 0.346 e. The van der Waals surface area contributed by atoms with Crippen molar-refractivity contribution < 1.29 is 4.79 Å². The summed E-state index contributed by atoms with van der Waals surface area (Å²) in [6.45, 7) is 3.85. The second kappa shape index (κ2) is 6.42. The number of hydrogen-bond acceptors (Lipinski definition) is 1. The number of rotatable bonds is 3. The predicted molar refractivity (Wildman–Crippen MR) is 86.2 cm³/mol. The normalized spacial score (nSPS) is 12.0. The molecule has 1 N–H and O–H groups in total. The Morgan fingerprint density at radius 1 is 1.25 bits per heavy atom. The lowest BCUT2D eigenvalue weighted by molar-refractivity contribution is 0.0940. The maximum atomic E-state index is 12.2. The number of nitrogens with one attached hydrogen (secondary N) is 1. The zero-order valence-electron chi connectivity index (χ0n) is 11.3. The number of aryl methyl sites for hydroxylation is 1. The maximum absolute atomic E-state index is 12.2. The van der Waals surface area contributed by atoms with Gasteiger partial charge < -0.3 is 5.32 Å². The van der Waals surface area contributed by atoms with E-state index in [2.05, 4.69) is 21.2 Å². The molecule has 0 saturated carbocycles. The molecule has 0 fully saturated rings. The predicted octanol–water partition coefficient (Wildman–Crippen LogP) is 4.90. The van der Waals surface area contributed by atoms with Crippen molar-refractivity contribution in [2.75, 3.05) is 0 Å². The van der Waals surface area contributed by atoms with Crippen molar-refractivity contribution in [1.29, 1.82) is 0 Å². The number of carbonyl (C=O) groups excluding carboxylic acids is 1. The Bertz CT molecular complexity index is 642. The first kappa shape index (κ1) is 15.1. The summed E-state index contributed by atoms with van der Waals surface area (Å²) < 4.78 is 0.999. The summed E-state index contributed by atoms with van der Waals surface area (Å²) in [5.41, 5.74) is 2.57. The monoisotopic (exact) mass is 351 g/mol. The second-order valence-corrected chi connectivity index (χ2v) is 6.04. The molecular formula is C16H15BrClNO. The van der Waals surface area contributed by atoms with Crippen LogP contribution >= 0.6 is 27.5 Å². The molecule has 2 aromatic carbocycles. The number of carbonyl (C=O) groups is 1. The van der Waals surface area contributed by atoms with Gasteiger partial charge in [0.05, 0.1) is 6.04 Å². The summed E-state index contributed by atoms with van der Waals surface area (Å²) in [5.74, 6) is -0.0998. The van der Waals surface area contributed by atoms with Gasteiger partial charge in [-0.2, -0.15) is 0 Å². The number of halogens is 2. The van der Waals surface area contributed by atoms with Crippen molar-refractivity contribution in [3.63, 3.8) is 0 Å². The Balaban J connectivity index is 2.13. The van der Waals surface area contributed by atoms with Gasteiger partial charge in [0.2, 0.25) is 0 Å². The molecule has 1 amide bonds. The molecule has 2 rings (SSSR count). The fourth-order valence-corrected chi connectivity index (χ4v) is 2.46. The quantitative estimate of drug-likeness (QED) is 0.836. The summed E-state index contributed by atoms with van der Waals surface area (Å²) in [7, 11) is 0. The summed E-state index contributed by atoms with van der Waals surface area (Å²) in [6, 6.07) is 13.1. The molecule has 0 bridgehead atoms. The van der Waals surface area contributed by atoms with Gasteiger partial charge in [-0.25, -0.2) is 0 Å². The molecule has 0 aliphatic carbocycles. The van der Waals surface area contributed by atoms with Crippen LogP contribution in [0.2, 0.25) is 5.02 Å². The van der Waals surface area contributed by atoms with E-state index in [9.17, 15) is 4.79 Å². The molecule has 0 radical (unpaired) electrons. The first-order valence-electron chi connectivity index (χ1n) is 6.30. The van der Waals surface area contributed by atoms with Crippen LogP contribution in [0.4, 0.5) is 0 Å². The topological polar surface area (TPSA) is 29.1 Å². The van der Waals surface area contributed by atoms with E-state index in [1.54, 1.807) is 18.2 Å². The highest BCUT2D eigenvalue weighted by molar-refractivity contribution is 9.10. The van der Waals surface area contributed by atoms with E-state index >= 15 is 0 Å². The Labute approximate surface area is 132 Å². The van der Waals surface area contributed by atoms with Crippen molar-refractivity contribution in [1.82, 2.24) is 5.32 Å². The van der Waals surface area contributed by atoms with Gasteiger partial charge in [0.25, 0.3) is 5.91 Å². The number of benzene rings is 2. The lowest BCUT2D eigenvalue weighted by Crippen LogP contribution is -2.26. The molecule has 0 aromatic heterocycles. The Morgan fingerprint density at radius 2 is 2.00 bits per heavy atom. The minimum atomic E-state index is -0.0998. The third kappa shape index (κ3) is 3.62. The lowest BCUT2D eigenvalue weighted by Gasteiger charge is -2.15. The Morgan fingerprint density at radius 3 is 2.65 bits per heavy atom. The third-order valence-corrected chi connectivity index (χ3v) is 4.03. The molecular weight excluding hydrogens is 338 g/mol. The van der Waals surface area contributed by atoms with Crippen molar-refractivity contribution >= 4 is 33.4 Å². The molecule has 1 unspecified atom stereocenters. The number of amides is 1. The van der Waals surface area contributed by atoms with Crippen LogP contribution in [-0.4, -0.2) is 5.91 Å². The summed E-state index contributed by atoms with van der Waals surface area (Å²) in [4.78, 5) is 12.2. The van der Waals surface area contributed by atoms with E-state index < -0.39 is 0 Å². The van der Waals surface area contributed by atoms with Crippen molar-refractivity contribution in [3.8, 4) is 0 Å². The molecule has 2 aromatic rings. The van der Waals surface area contributed by atoms with Gasteiger partial charge in [0, 0.05) is 15.1 Å². The van der Waals surface area contributed by atoms with Crippen molar-refractivity contribution in [2.24, 2.45) is 0 Å². The van der Waals surface area contributed by atoms with Crippen LogP contribution < -0.4 is 5.32 Å². The van der Waals surface area contributed by atoms with Crippen molar-refractivity contribution in [2.45, 2.75) is 19.9 Å². The average Bonchev–Trinajstić information content (AvgIpc) is 2.41. The molecule has 104 valence electrons. The first-order chi connectivity index (χ1) is 9.47. The molecule has 0 aliphatic rings. The lowest BCUT2D eigenvalue weighted by atomic mass is 10.1. The number of hydrogen-bond donors (Lipinski definition) is 1. The standard InChI is InChI=1S/C16H15BrClNO/c1-10-8-13(6-7-15(10)18)16(20)19-11(2)12-4-3-5-14(17)9-12/h3-9,11H,1-2H3,(H,19,20). The molecule has 2 nitrogen and oxygen atoms in total. The van der Waals surface area contributed by atoms with Gasteiger partial charge in [-0.3, -0.25) is 4.79 Å². The van der Waals surface area contributed by atoms with Gasteiger partial charge in [-0.15, -0.1) is 0 Å². The van der Waals surface area contributed by atoms with Crippen LogP contribution in [-0.2, 0) is 0 Å². The smallest absolute Gasteiger partial charge is 0.251 e. The van der Waals surface area contributed by atoms with Crippen LogP contribution in [0.5, 0.6) is 0 Å². The zero-order chi connectivity index (χ0) is 14.7. The molecule has 0 saturated heterocycles. The zero-order valence-corrected chi connectivity index (χ0v) is 13.6. The van der Waals surface area contributed by atoms with E-state index in [-0.39, 0.29) is 11.9 Å². The van der Waals surface area contributed by atoms with E-state index in [0.29, 0.717) is 10.6 Å². The van der Waals surface area contributed by atoms with E-state index in [1.807, 2.05) is 38.1 Å². The highest BCUT2D eigenvalue weighted by atomic mass is 79.9. The Kier molecular flexibility index (Phi) is 4.84. The molecule has 20 heavy (non-hydrogen) atoms. The minimum absolute atomic E-state index is 0.0593. The molecule has 0 spiro atoms. The summed E-state index contributed by atoms with van der Waals surface area (Å²) in [6.07, 6.45) is 0.